The van der Waals surface area contributed by atoms with Crippen LogP contribution in [0.15, 0.2) is 36.4 Å². The monoisotopic (exact) mass is 262 g/mol. The van der Waals surface area contributed by atoms with Gasteiger partial charge in [-0.1, -0.05) is 43.7 Å². The summed E-state index contributed by atoms with van der Waals surface area (Å²) >= 11 is 0. The fraction of sp³-hybridized carbons (Fsp3) is 0.467. The Morgan fingerprint density at radius 1 is 1.11 bits per heavy atom. The molecule has 0 unspecified atom stereocenters. The van der Waals surface area contributed by atoms with E-state index in [1.165, 1.54) is 6.42 Å². The number of unbranched alkanes of at least 4 members (excludes halogenated alkanes) is 3. The van der Waals surface area contributed by atoms with E-state index in [0.29, 0.717) is 5.75 Å². The number of benzene rings is 1. The fourth-order valence-electron chi connectivity index (χ4n) is 1.92. The molecule has 0 aliphatic heterocycles. The Morgan fingerprint density at radius 2 is 1.84 bits per heavy atom. The van der Waals surface area contributed by atoms with Crippen LogP contribution >= 0.6 is 0 Å². The summed E-state index contributed by atoms with van der Waals surface area (Å²) in [5.74, 6) is 0.555. The van der Waals surface area contributed by atoms with Crippen LogP contribution in [0, 0.1) is 0 Å². The van der Waals surface area contributed by atoms with Crippen LogP contribution in [0.2, 0.25) is 0 Å². The molecule has 0 heterocycles. The molecule has 19 heavy (non-hydrogen) atoms. The van der Waals surface area contributed by atoms with Crippen molar-refractivity contribution in [3.8, 4) is 5.75 Å². The van der Waals surface area contributed by atoms with Crippen molar-refractivity contribution in [3.05, 3.63) is 42.0 Å². The molecule has 0 fully saturated rings. The molecule has 0 aromatic heterocycles. The van der Waals surface area contributed by atoms with Crippen LogP contribution < -0.4 is 4.65 Å². The number of hydrogen-bond acceptors (Lipinski definition) is 3. The molecule has 0 saturated carbocycles. The lowest BCUT2D eigenvalue weighted by molar-refractivity contribution is 0.287. The molecule has 1 rings (SSSR count). The second-order valence-corrected chi connectivity index (χ2v) is 4.56. The van der Waals surface area contributed by atoms with E-state index in [4.69, 9.17) is 14.7 Å². The van der Waals surface area contributed by atoms with Crippen LogP contribution in [0.25, 0.3) is 0 Å². The Morgan fingerprint density at radius 3 is 2.58 bits per heavy atom. The van der Waals surface area contributed by atoms with E-state index >= 15 is 0 Å². The highest BCUT2D eigenvalue weighted by atomic mass is 16.6. The fourth-order valence-corrected chi connectivity index (χ4v) is 1.92. The number of hydrogen-bond donors (Lipinski definition) is 2. The lowest BCUT2D eigenvalue weighted by Gasteiger charge is -2.10. The van der Waals surface area contributed by atoms with Crippen molar-refractivity contribution >= 4 is 7.32 Å². The van der Waals surface area contributed by atoms with E-state index < -0.39 is 7.32 Å². The van der Waals surface area contributed by atoms with Crippen molar-refractivity contribution in [2.24, 2.45) is 0 Å². The van der Waals surface area contributed by atoms with Gasteiger partial charge in [0, 0.05) is 0 Å². The van der Waals surface area contributed by atoms with Gasteiger partial charge in [0.2, 0.25) is 0 Å². The summed E-state index contributed by atoms with van der Waals surface area (Å²) in [6, 6.07) is 7.49. The summed E-state index contributed by atoms with van der Waals surface area (Å²) in [5.41, 5.74) is 1.02. The predicted molar refractivity (Wildman–Crippen MR) is 78.9 cm³/mol. The maximum atomic E-state index is 8.85. The molecule has 3 nitrogen and oxygen atoms in total. The average Bonchev–Trinajstić information content (AvgIpc) is 2.39. The first-order valence-corrected chi connectivity index (χ1v) is 6.99. The van der Waals surface area contributed by atoms with Gasteiger partial charge in [-0.25, -0.2) is 0 Å². The third-order valence-corrected chi connectivity index (χ3v) is 2.89. The third kappa shape index (κ3) is 7.04. The van der Waals surface area contributed by atoms with E-state index in [1.54, 1.807) is 6.07 Å². The van der Waals surface area contributed by atoms with E-state index in [9.17, 15) is 0 Å². The normalized spacial score (nSPS) is 10.9. The van der Waals surface area contributed by atoms with E-state index in [1.807, 2.05) is 18.2 Å². The third-order valence-electron chi connectivity index (χ3n) is 2.89. The molecule has 0 atom stereocenters. The van der Waals surface area contributed by atoms with Gasteiger partial charge < -0.3 is 14.7 Å². The van der Waals surface area contributed by atoms with Gasteiger partial charge in [0.05, 0.1) is 0 Å². The molecule has 0 amide bonds. The molecular weight excluding hydrogens is 239 g/mol. The van der Waals surface area contributed by atoms with E-state index in [-0.39, 0.29) is 0 Å². The topological polar surface area (TPSA) is 49.7 Å². The first-order chi connectivity index (χ1) is 9.24. The SMILES string of the molecule is CCCC=CCCCCc1ccccc1OB(O)O. The van der Waals surface area contributed by atoms with Gasteiger partial charge in [-0.3, -0.25) is 0 Å². The van der Waals surface area contributed by atoms with Crippen LogP contribution in [0.4, 0.5) is 0 Å². The maximum Gasteiger partial charge on any atom is 0.707 e. The minimum atomic E-state index is -1.75. The molecule has 0 saturated heterocycles. The minimum absolute atomic E-state index is 0.555. The van der Waals surface area contributed by atoms with Crippen LogP contribution in [0.3, 0.4) is 0 Å². The standard InChI is InChI=1S/C15H23BO3/c1-2-3-4-5-6-7-8-11-14-12-9-10-13-15(14)19-16(17)18/h4-5,9-10,12-13,17-18H,2-3,6-8,11H2,1H3. The number of para-hydroxylation sites is 1. The highest BCUT2D eigenvalue weighted by Gasteiger charge is 2.13. The Kier molecular flexibility index (Phi) is 8.02. The summed E-state index contributed by atoms with van der Waals surface area (Å²) in [7, 11) is -1.75. The highest BCUT2D eigenvalue weighted by Crippen LogP contribution is 2.20. The first-order valence-electron chi connectivity index (χ1n) is 6.99. The Bertz CT molecular complexity index is 377. The number of allylic oxidation sites excluding steroid dienone is 2. The zero-order valence-electron chi connectivity index (χ0n) is 11.6. The van der Waals surface area contributed by atoms with Crippen molar-refractivity contribution < 1.29 is 14.7 Å². The zero-order valence-corrected chi connectivity index (χ0v) is 11.6. The van der Waals surface area contributed by atoms with Crippen molar-refractivity contribution in [1.82, 2.24) is 0 Å². The smallest absolute Gasteiger partial charge is 0.512 e. The number of rotatable bonds is 9. The Labute approximate surface area is 116 Å². The van der Waals surface area contributed by atoms with Crippen molar-refractivity contribution in [2.75, 3.05) is 0 Å². The van der Waals surface area contributed by atoms with Gasteiger partial charge in [-0.05, 0) is 43.7 Å². The molecule has 0 radical (unpaired) electrons. The summed E-state index contributed by atoms with van der Waals surface area (Å²) in [5, 5.41) is 17.7. The van der Waals surface area contributed by atoms with Gasteiger partial charge in [-0.2, -0.15) is 0 Å². The molecule has 1 aromatic rings. The van der Waals surface area contributed by atoms with Crippen LogP contribution in [0.5, 0.6) is 5.75 Å². The molecule has 0 aliphatic carbocycles. The molecule has 0 bridgehead atoms. The van der Waals surface area contributed by atoms with E-state index in [2.05, 4.69) is 19.1 Å². The lowest BCUT2D eigenvalue weighted by Crippen LogP contribution is -2.21. The molecule has 4 heteroatoms. The second-order valence-electron chi connectivity index (χ2n) is 4.56. The number of aryl methyl sites for hydroxylation is 1. The second kappa shape index (κ2) is 9.65. The highest BCUT2D eigenvalue weighted by molar-refractivity contribution is 6.33. The molecule has 104 valence electrons. The summed E-state index contributed by atoms with van der Waals surface area (Å²) in [6.45, 7) is 2.18. The van der Waals surface area contributed by atoms with Gasteiger partial charge in [0.25, 0.3) is 0 Å². The predicted octanol–water partition coefficient (Wildman–Crippen LogP) is 3.10. The molecule has 1 aromatic carbocycles. The summed E-state index contributed by atoms with van der Waals surface area (Å²) in [6.07, 6.45) is 11.0. The van der Waals surface area contributed by atoms with E-state index in [0.717, 1.165) is 37.7 Å². The van der Waals surface area contributed by atoms with Crippen LogP contribution in [-0.4, -0.2) is 17.4 Å². The molecule has 0 spiro atoms. The van der Waals surface area contributed by atoms with Crippen molar-refractivity contribution in [1.29, 1.82) is 0 Å². The van der Waals surface area contributed by atoms with Gasteiger partial charge >= 0.3 is 7.32 Å². The molecule has 2 N–H and O–H groups in total. The average molecular weight is 262 g/mol. The minimum Gasteiger partial charge on any atom is -0.512 e. The van der Waals surface area contributed by atoms with Crippen molar-refractivity contribution in [3.63, 3.8) is 0 Å². The van der Waals surface area contributed by atoms with Gasteiger partial charge in [0.15, 0.2) is 0 Å². The van der Waals surface area contributed by atoms with Crippen molar-refractivity contribution in [2.45, 2.75) is 45.4 Å². The maximum absolute atomic E-state index is 8.85. The van der Waals surface area contributed by atoms with Gasteiger partial charge in [0.1, 0.15) is 5.75 Å². The zero-order chi connectivity index (χ0) is 13.9. The van der Waals surface area contributed by atoms with Gasteiger partial charge in [-0.15, -0.1) is 0 Å². The lowest BCUT2D eigenvalue weighted by atomic mass is 10.0. The van der Waals surface area contributed by atoms with Crippen LogP contribution in [-0.2, 0) is 6.42 Å². The molecule has 0 aliphatic rings. The summed E-state index contributed by atoms with van der Waals surface area (Å²) < 4.78 is 4.95. The first kappa shape index (κ1) is 15.8. The molecular formula is C15H23BO3. The largest absolute Gasteiger partial charge is 0.707 e. The Balaban J connectivity index is 2.32. The quantitative estimate of drug-likeness (QED) is 0.408. The summed E-state index contributed by atoms with van der Waals surface area (Å²) in [4.78, 5) is 0. The Hall–Kier alpha value is -1.26. The van der Waals surface area contributed by atoms with Crippen LogP contribution in [0.1, 0.15) is 44.6 Å².